The van der Waals surface area contributed by atoms with Crippen LogP contribution in [0, 0.1) is 0 Å². The van der Waals surface area contributed by atoms with Crippen LogP contribution in [0.2, 0.25) is 0 Å². The van der Waals surface area contributed by atoms with E-state index in [4.69, 9.17) is 5.73 Å². The lowest BCUT2D eigenvalue weighted by Gasteiger charge is -2.39. The Hall–Kier alpha value is -0.120. The fraction of sp³-hybridized carbons (Fsp3) is 1.00. The molecule has 1 heterocycles. The molecule has 0 aliphatic carbocycles. The molecule has 2 atom stereocenters. The first-order valence-electron chi connectivity index (χ1n) is 5.46. The summed E-state index contributed by atoms with van der Waals surface area (Å²) in [5.74, 6) is 0. The highest BCUT2D eigenvalue weighted by Crippen LogP contribution is 2.11. The number of piperazine rings is 1. The van der Waals surface area contributed by atoms with Gasteiger partial charge in [0.15, 0.2) is 0 Å². The summed E-state index contributed by atoms with van der Waals surface area (Å²) < 4.78 is 0. The van der Waals surface area contributed by atoms with Crippen LogP contribution >= 0.6 is 0 Å². The van der Waals surface area contributed by atoms with E-state index in [0.29, 0.717) is 12.1 Å². The van der Waals surface area contributed by atoms with E-state index < -0.39 is 0 Å². The summed E-state index contributed by atoms with van der Waals surface area (Å²) >= 11 is 0. The van der Waals surface area contributed by atoms with E-state index in [2.05, 4.69) is 24.1 Å². The van der Waals surface area contributed by atoms with E-state index in [9.17, 15) is 0 Å². The third kappa shape index (κ3) is 2.93. The number of nitrogens with zero attached hydrogens (tertiary/aromatic N) is 1. The van der Waals surface area contributed by atoms with Crippen molar-refractivity contribution in [2.75, 3.05) is 26.2 Å². The summed E-state index contributed by atoms with van der Waals surface area (Å²) in [7, 11) is 0. The first-order chi connectivity index (χ1) is 6.29. The molecule has 1 rings (SSSR count). The van der Waals surface area contributed by atoms with Crippen LogP contribution in [0.1, 0.15) is 26.7 Å². The van der Waals surface area contributed by atoms with Crippen molar-refractivity contribution in [1.29, 1.82) is 0 Å². The summed E-state index contributed by atoms with van der Waals surface area (Å²) in [6.45, 7) is 8.67. The van der Waals surface area contributed by atoms with Crippen LogP contribution in [-0.4, -0.2) is 43.2 Å². The van der Waals surface area contributed by atoms with E-state index in [0.717, 1.165) is 26.2 Å². The van der Waals surface area contributed by atoms with Crippen LogP contribution in [0.4, 0.5) is 0 Å². The van der Waals surface area contributed by atoms with Gasteiger partial charge >= 0.3 is 0 Å². The number of nitrogens with two attached hydrogens (primary N) is 1. The SMILES string of the molecule is CCCC(C)N1CCNCC1CN. The van der Waals surface area contributed by atoms with Crippen molar-refractivity contribution in [2.24, 2.45) is 5.73 Å². The minimum atomic E-state index is 0.551. The van der Waals surface area contributed by atoms with Crippen molar-refractivity contribution in [3.63, 3.8) is 0 Å². The molecule has 3 heteroatoms. The van der Waals surface area contributed by atoms with Gasteiger partial charge in [-0.3, -0.25) is 4.90 Å². The van der Waals surface area contributed by atoms with Crippen molar-refractivity contribution in [3.8, 4) is 0 Å². The molecule has 0 aromatic rings. The Morgan fingerprint density at radius 2 is 2.38 bits per heavy atom. The van der Waals surface area contributed by atoms with Crippen molar-refractivity contribution >= 4 is 0 Å². The molecule has 1 fully saturated rings. The third-order valence-corrected chi connectivity index (χ3v) is 2.94. The molecule has 0 spiro atoms. The maximum absolute atomic E-state index is 5.75. The first-order valence-corrected chi connectivity index (χ1v) is 5.46. The van der Waals surface area contributed by atoms with Gasteiger partial charge in [0.2, 0.25) is 0 Å². The summed E-state index contributed by atoms with van der Waals surface area (Å²) in [6.07, 6.45) is 2.55. The van der Waals surface area contributed by atoms with E-state index in [1.807, 2.05) is 0 Å². The molecule has 0 bridgehead atoms. The summed E-state index contributed by atoms with van der Waals surface area (Å²) in [5, 5.41) is 3.39. The topological polar surface area (TPSA) is 41.3 Å². The summed E-state index contributed by atoms with van der Waals surface area (Å²) in [5.41, 5.74) is 5.75. The molecular weight excluding hydrogens is 162 g/mol. The standard InChI is InChI=1S/C10H23N3/c1-3-4-9(2)13-6-5-12-8-10(13)7-11/h9-10,12H,3-8,11H2,1-2H3. The highest BCUT2D eigenvalue weighted by molar-refractivity contribution is 4.83. The Morgan fingerprint density at radius 3 is 3.00 bits per heavy atom. The second-order valence-electron chi connectivity index (χ2n) is 3.97. The average Bonchev–Trinajstić information content (AvgIpc) is 2.18. The quantitative estimate of drug-likeness (QED) is 0.666. The molecule has 0 aromatic heterocycles. The highest BCUT2D eigenvalue weighted by atomic mass is 15.2. The molecule has 3 nitrogen and oxygen atoms in total. The molecule has 1 aliphatic rings. The third-order valence-electron chi connectivity index (χ3n) is 2.94. The van der Waals surface area contributed by atoms with E-state index >= 15 is 0 Å². The van der Waals surface area contributed by atoms with Gasteiger partial charge in [-0.2, -0.15) is 0 Å². The van der Waals surface area contributed by atoms with Crippen LogP contribution in [0.5, 0.6) is 0 Å². The lowest BCUT2D eigenvalue weighted by atomic mass is 10.1. The number of rotatable bonds is 4. The van der Waals surface area contributed by atoms with Crippen LogP contribution in [-0.2, 0) is 0 Å². The Kier molecular flexibility index (Phi) is 4.70. The van der Waals surface area contributed by atoms with Gasteiger partial charge in [0.1, 0.15) is 0 Å². The lowest BCUT2D eigenvalue weighted by molar-refractivity contribution is 0.113. The van der Waals surface area contributed by atoms with Gasteiger partial charge in [0.05, 0.1) is 0 Å². The van der Waals surface area contributed by atoms with Gasteiger partial charge in [-0.25, -0.2) is 0 Å². The van der Waals surface area contributed by atoms with E-state index in [1.54, 1.807) is 0 Å². The number of nitrogens with one attached hydrogen (secondary N) is 1. The van der Waals surface area contributed by atoms with Crippen molar-refractivity contribution in [1.82, 2.24) is 10.2 Å². The van der Waals surface area contributed by atoms with Crippen LogP contribution < -0.4 is 11.1 Å². The van der Waals surface area contributed by atoms with E-state index in [-0.39, 0.29) is 0 Å². The van der Waals surface area contributed by atoms with Crippen LogP contribution in [0.25, 0.3) is 0 Å². The van der Waals surface area contributed by atoms with Gasteiger partial charge in [-0.05, 0) is 13.3 Å². The molecule has 2 unspecified atom stereocenters. The van der Waals surface area contributed by atoms with Gasteiger partial charge in [0.25, 0.3) is 0 Å². The second-order valence-corrected chi connectivity index (χ2v) is 3.97. The van der Waals surface area contributed by atoms with Crippen molar-refractivity contribution in [2.45, 2.75) is 38.8 Å². The van der Waals surface area contributed by atoms with E-state index in [1.165, 1.54) is 12.8 Å². The van der Waals surface area contributed by atoms with Crippen LogP contribution in [0.3, 0.4) is 0 Å². The Morgan fingerprint density at radius 1 is 1.62 bits per heavy atom. The fourth-order valence-electron chi connectivity index (χ4n) is 2.16. The van der Waals surface area contributed by atoms with Gasteiger partial charge in [-0.1, -0.05) is 13.3 Å². The Bertz CT molecular complexity index is 138. The zero-order valence-electron chi connectivity index (χ0n) is 8.92. The predicted molar refractivity (Wildman–Crippen MR) is 56.8 cm³/mol. The van der Waals surface area contributed by atoms with Crippen LogP contribution in [0.15, 0.2) is 0 Å². The number of hydrogen-bond donors (Lipinski definition) is 2. The maximum Gasteiger partial charge on any atom is 0.0346 e. The molecule has 78 valence electrons. The van der Waals surface area contributed by atoms with Gasteiger partial charge in [0, 0.05) is 38.3 Å². The number of hydrogen-bond acceptors (Lipinski definition) is 3. The first kappa shape index (κ1) is 11.0. The molecule has 1 aliphatic heterocycles. The van der Waals surface area contributed by atoms with Gasteiger partial charge < -0.3 is 11.1 Å². The van der Waals surface area contributed by atoms with Gasteiger partial charge in [-0.15, -0.1) is 0 Å². The zero-order valence-corrected chi connectivity index (χ0v) is 8.92. The van der Waals surface area contributed by atoms with Crippen molar-refractivity contribution in [3.05, 3.63) is 0 Å². The largest absolute Gasteiger partial charge is 0.329 e. The summed E-state index contributed by atoms with van der Waals surface area (Å²) in [6, 6.07) is 1.25. The predicted octanol–water partition coefficient (Wildman–Crippen LogP) is 0.408. The molecule has 0 aromatic carbocycles. The summed E-state index contributed by atoms with van der Waals surface area (Å²) in [4.78, 5) is 2.56. The highest BCUT2D eigenvalue weighted by Gasteiger charge is 2.24. The monoisotopic (exact) mass is 185 g/mol. The Labute approximate surface area is 81.7 Å². The molecular formula is C10H23N3. The second kappa shape index (κ2) is 5.58. The lowest BCUT2D eigenvalue weighted by Crippen LogP contribution is -2.57. The minimum absolute atomic E-state index is 0.551. The zero-order chi connectivity index (χ0) is 9.68. The molecule has 0 amide bonds. The van der Waals surface area contributed by atoms with Crippen molar-refractivity contribution < 1.29 is 0 Å². The molecule has 0 saturated carbocycles. The Balaban J connectivity index is 2.43. The minimum Gasteiger partial charge on any atom is -0.329 e. The molecule has 0 radical (unpaired) electrons. The molecule has 1 saturated heterocycles. The fourth-order valence-corrected chi connectivity index (χ4v) is 2.16. The maximum atomic E-state index is 5.75. The smallest absolute Gasteiger partial charge is 0.0346 e. The normalized spacial score (nSPS) is 27.5. The molecule has 13 heavy (non-hydrogen) atoms. The molecule has 3 N–H and O–H groups in total. The average molecular weight is 185 g/mol.